The van der Waals surface area contributed by atoms with E-state index in [1.165, 1.54) is 6.07 Å². The first kappa shape index (κ1) is 11.6. The van der Waals surface area contributed by atoms with Gasteiger partial charge in [-0.05, 0) is 24.3 Å². The number of benzene rings is 1. The van der Waals surface area contributed by atoms with E-state index in [0.29, 0.717) is 11.0 Å². The predicted molar refractivity (Wildman–Crippen MR) is 64.5 cm³/mol. The number of halogens is 1. The molecule has 2 N–H and O–H groups in total. The average Bonchev–Trinajstić information content (AvgIpc) is 2.25. The van der Waals surface area contributed by atoms with Crippen LogP contribution in [0.1, 0.15) is 45.1 Å². The molecule has 88 valence electrons. The van der Waals surface area contributed by atoms with Crippen LogP contribution < -0.4 is 5.73 Å². The second kappa shape index (κ2) is 3.85. The average molecular weight is 221 g/mol. The van der Waals surface area contributed by atoms with Gasteiger partial charge in [-0.15, -0.1) is 0 Å². The minimum absolute atomic E-state index is 0.161. The highest BCUT2D eigenvalue weighted by Gasteiger charge is 2.51. The third-order valence-corrected chi connectivity index (χ3v) is 4.29. The van der Waals surface area contributed by atoms with E-state index in [9.17, 15) is 4.39 Å². The molecule has 0 aliphatic heterocycles. The molecule has 1 aliphatic carbocycles. The molecule has 1 aromatic rings. The Hall–Kier alpha value is -0.890. The van der Waals surface area contributed by atoms with Crippen molar-refractivity contribution in [3.8, 4) is 0 Å². The molecule has 0 atom stereocenters. The Morgan fingerprint density at radius 1 is 1.19 bits per heavy atom. The van der Waals surface area contributed by atoms with E-state index in [-0.39, 0.29) is 5.82 Å². The van der Waals surface area contributed by atoms with Crippen LogP contribution in [0.2, 0.25) is 0 Å². The molecule has 0 aromatic heterocycles. The minimum atomic E-state index is -0.433. The first-order valence-electron chi connectivity index (χ1n) is 6.09. The Balaban J connectivity index is 2.22. The van der Waals surface area contributed by atoms with Crippen molar-refractivity contribution in [3.63, 3.8) is 0 Å². The van der Waals surface area contributed by atoms with E-state index in [1.807, 2.05) is 12.1 Å². The van der Waals surface area contributed by atoms with Crippen LogP contribution in [0.15, 0.2) is 24.3 Å². The lowest BCUT2D eigenvalue weighted by Crippen LogP contribution is -2.55. The van der Waals surface area contributed by atoms with Crippen molar-refractivity contribution in [2.24, 2.45) is 11.1 Å². The largest absolute Gasteiger partial charge is 0.321 e. The Kier molecular flexibility index (Phi) is 2.79. The molecule has 0 bridgehead atoms. The SMILES string of the molecule is CCC1(CC)CC(N)(c2ccccc2F)C1. The van der Waals surface area contributed by atoms with Crippen molar-refractivity contribution in [1.29, 1.82) is 0 Å². The maximum atomic E-state index is 13.7. The number of hydrogen-bond donors (Lipinski definition) is 1. The second-order valence-electron chi connectivity index (χ2n) is 5.20. The van der Waals surface area contributed by atoms with Crippen molar-refractivity contribution in [2.45, 2.75) is 45.1 Å². The molecule has 2 heteroatoms. The van der Waals surface area contributed by atoms with Crippen LogP contribution in [0.25, 0.3) is 0 Å². The fourth-order valence-electron chi connectivity index (χ4n) is 3.09. The molecule has 1 saturated carbocycles. The van der Waals surface area contributed by atoms with Crippen LogP contribution >= 0.6 is 0 Å². The maximum Gasteiger partial charge on any atom is 0.128 e. The highest BCUT2D eigenvalue weighted by molar-refractivity contribution is 5.30. The lowest BCUT2D eigenvalue weighted by Gasteiger charge is -2.54. The molecule has 0 radical (unpaired) electrons. The fraction of sp³-hybridized carbons (Fsp3) is 0.571. The summed E-state index contributed by atoms with van der Waals surface area (Å²) >= 11 is 0. The van der Waals surface area contributed by atoms with Gasteiger partial charge in [0.2, 0.25) is 0 Å². The van der Waals surface area contributed by atoms with Crippen molar-refractivity contribution in [3.05, 3.63) is 35.6 Å². The summed E-state index contributed by atoms with van der Waals surface area (Å²) in [4.78, 5) is 0. The van der Waals surface area contributed by atoms with Crippen LogP contribution in [-0.4, -0.2) is 0 Å². The zero-order valence-electron chi connectivity index (χ0n) is 10.1. The molecule has 0 amide bonds. The summed E-state index contributed by atoms with van der Waals surface area (Å²) in [7, 11) is 0. The fourth-order valence-corrected chi connectivity index (χ4v) is 3.09. The van der Waals surface area contributed by atoms with E-state index in [1.54, 1.807) is 6.07 Å². The minimum Gasteiger partial charge on any atom is -0.321 e. The summed E-state index contributed by atoms with van der Waals surface area (Å²) in [6, 6.07) is 6.91. The summed E-state index contributed by atoms with van der Waals surface area (Å²) in [5.74, 6) is -0.161. The number of hydrogen-bond acceptors (Lipinski definition) is 1. The van der Waals surface area contributed by atoms with E-state index in [0.717, 1.165) is 25.7 Å². The summed E-state index contributed by atoms with van der Waals surface area (Å²) in [6.07, 6.45) is 4.09. The van der Waals surface area contributed by atoms with Gasteiger partial charge < -0.3 is 5.73 Å². The topological polar surface area (TPSA) is 26.0 Å². The zero-order chi connectivity index (χ0) is 11.8. The first-order chi connectivity index (χ1) is 7.55. The van der Waals surface area contributed by atoms with Gasteiger partial charge in [0.15, 0.2) is 0 Å². The third-order valence-electron chi connectivity index (χ3n) is 4.29. The monoisotopic (exact) mass is 221 g/mol. The van der Waals surface area contributed by atoms with Crippen LogP contribution in [-0.2, 0) is 5.54 Å². The number of nitrogens with two attached hydrogens (primary N) is 1. The van der Waals surface area contributed by atoms with Gasteiger partial charge in [-0.25, -0.2) is 4.39 Å². The van der Waals surface area contributed by atoms with Gasteiger partial charge in [0.1, 0.15) is 5.82 Å². The third kappa shape index (κ3) is 1.65. The normalized spacial score (nSPS) is 21.5. The quantitative estimate of drug-likeness (QED) is 0.829. The summed E-state index contributed by atoms with van der Waals surface area (Å²) in [6.45, 7) is 4.40. The lowest BCUT2D eigenvalue weighted by atomic mass is 9.53. The molecule has 1 aromatic carbocycles. The highest BCUT2D eigenvalue weighted by atomic mass is 19.1. The van der Waals surface area contributed by atoms with Crippen LogP contribution in [0.4, 0.5) is 4.39 Å². The molecule has 2 rings (SSSR count). The second-order valence-corrected chi connectivity index (χ2v) is 5.20. The molecule has 1 fully saturated rings. The van der Waals surface area contributed by atoms with Gasteiger partial charge >= 0.3 is 0 Å². The standard InChI is InChI=1S/C14H20FN/c1-3-13(4-2)9-14(16,10-13)11-7-5-6-8-12(11)15/h5-8H,3-4,9-10,16H2,1-2H3. The lowest BCUT2D eigenvalue weighted by molar-refractivity contribution is 0.0145. The molecule has 0 heterocycles. The number of rotatable bonds is 3. The Morgan fingerprint density at radius 2 is 1.75 bits per heavy atom. The molecule has 0 unspecified atom stereocenters. The Labute approximate surface area is 96.9 Å². The van der Waals surface area contributed by atoms with Gasteiger partial charge in [-0.3, -0.25) is 0 Å². The van der Waals surface area contributed by atoms with E-state index in [4.69, 9.17) is 5.73 Å². The van der Waals surface area contributed by atoms with Crippen molar-refractivity contribution >= 4 is 0 Å². The molecular formula is C14H20FN. The molecule has 0 spiro atoms. The summed E-state index contributed by atoms with van der Waals surface area (Å²) < 4.78 is 13.7. The van der Waals surface area contributed by atoms with Gasteiger partial charge in [0.25, 0.3) is 0 Å². The molecule has 1 nitrogen and oxygen atoms in total. The van der Waals surface area contributed by atoms with E-state index < -0.39 is 5.54 Å². The first-order valence-corrected chi connectivity index (χ1v) is 6.09. The van der Waals surface area contributed by atoms with Crippen LogP contribution in [0, 0.1) is 11.2 Å². The molecule has 1 aliphatic rings. The summed E-state index contributed by atoms with van der Waals surface area (Å²) in [5, 5.41) is 0. The van der Waals surface area contributed by atoms with Crippen LogP contribution in [0.3, 0.4) is 0 Å². The Bertz CT molecular complexity index is 374. The molecule has 0 saturated heterocycles. The van der Waals surface area contributed by atoms with Gasteiger partial charge in [-0.1, -0.05) is 44.9 Å². The van der Waals surface area contributed by atoms with E-state index in [2.05, 4.69) is 13.8 Å². The van der Waals surface area contributed by atoms with Crippen molar-refractivity contribution in [1.82, 2.24) is 0 Å². The van der Waals surface area contributed by atoms with E-state index >= 15 is 0 Å². The van der Waals surface area contributed by atoms with Crippen LogP contribution in [0.5, 0.6) is 0 Å². The van der Waals surface area contributed by atoms with Crippen molar-refractivity contribution in [2.75, 3.05) is 0 Å². The summed E-state index contributed by atoms with van der Waals surface area (Å²) in [5.41, 5.74) is 6.91. The van der Waals surface area contributed by atoms with Gasteiger partial charge in [0, 0.05) is 11.1 Å². The van der Waals surface area contributed by atoms with Gasteiger partial charge in [0.05, 0.1) is 0 Å². The highest BCUT2D eigenvalue weighted by Crippen LogP contribution is 2.56. The molecular weight excluding hydrogens is 201 g/mol. The molecule has 16 heavy (non-hydrogen) atoms. The van der Waals surface area contributed by atoms with Gasteiger partial charge in [-0.2, -0.15) is 0 Å². The maximum absolute atomic E-state index is 13.7. The Morgan fingerprint density at radius 3 is 2.25 bits per heavy atom. The predicted octanol–water partition coefficient (Wildman–Crippen LogP) is 3.58. The smallest absolute Gasteiger partial charge is 0.128 e. The van der Waals surface area contributed by atoms with Crippen molar-refractivity contribution < 1.29 is 4.39 Å². The zero-order valence-corrected chi connectivity index (χ0v) is 10.1.